The van der Waals surface area contributed by atoms with Crippen LogP contribution in [0.1, 0.15) is 11.1 Å². The minimum Gasteiger partial charge on any atom is -0.207 e. The van der Waals surface area contributed by atoms with Crippen LogP contribution >= 0.6 is 33.9 Å². The molecule has 0 radical (unpaired) electrons. The van der Waals surface area contributed by atoms with Crippen LogP contribution in [0.3, 0.4) is 0 Å². The standard InChI is InChI=1S/C8H4Cl3F3O2S/c1-3-2-4(9)5(8(12,13)14)6(10)7(3)17(11,15)16/h2H,1H3. The molecule has 96 valence electrons. The number of hydrogen-bond acceptors (Lipinski definition) is 2. The van der Waals surface area contributed by atoms with E-state index in [0.717, 1.165) is 6.07 Å². The van der Waals surface area contributed by atoms with Crippen LogP contribution in [0.25, 0.3) is 0 Å². The number of alkyl halides is 3. The van der Waals surface area contributed by atoms with Crippen LogP contribution in [0.2, 0.25) is 10.0 Å². The molecule has 0 atom stereocenters. The summed E-state index contributed by atoms with van der Waals surface area (Å²) in [4.78, 5) is -0.780. The van der Waals surface area contributed by atoms with Gasteiger partial charge in [-0.15, -0.1) is 0 Å². The molecule has 9 heteroatoms. The second-order valence-electron chi connectivity index (χ2n) is 3.13. The van der Waals surface area contributed by atoms with E-state index in [9.17, 15) is 21.6 Å². The first-order valence-corrected chi connectivity index (χ1v) is 7.03. The summed E-state index contributed by atoms with van der Waals surface area (Å²) in [6.07, 6.45) is -4.86. The molecule has 0 amide bonds. The molecule has 0 aliphatic rings. The van der Waals surface area contributed by atoms with E-state index in [1.807, 2.05) is 0 Å². The Hall–Kier alpha value is -0.170. The maximum absolute atomic E-state index is 12.6. The van der Waals surface area contributed by atoms with E-state index in [4.69, 9.17) is 33.9 Å². The van der Waals surface area contributed by atoms with Gasteiger partial charge in [0.15, 0.2) is 0 Å². The lowest BCUT2D eigenvalue weighted by molar-refractivity contribution is -0.137. The molecular weight excluding hydrogens is 324 g/mol. The fraction of sp³-hybridized carbons (Fsp3) is 0.250. The Morgan fingerprint density at radius 2 is 1.71 bits per heavy atom. The lowest BCUT2D eigenvalue weighted by Gasteiger charge is -2.14. The van der Waals surface area contributed by atoms with E-state index in [-0.39, 0.29) is 5.56 Å². The van der Waals surface area contributed by atoms with Gasteiger partial charge < -0.3 is 0 Å². The van der Waals surface area contributed by atoms with Crippen molar-refractivity contribution in [3.05, 3.63) is 27.2 Å². The molecule has 0 saturated heterocycles. The summed E-state index contributed by atoms with van der Waals surface area (Å²) >= 11 is 10.8. The van der Waals surface area contributed by atoms with E-state index >= 15 is 0 Å². The molecule has 0 aliphatic carbocycles. The number of benzene rings is 1. The minimum absolute atomic E-state index is 0.0528. The molecule has 0 N–H and O–H groups in total. The van der Waals surface area contributed by atoms with Crippen molar-refractivity contribution < 1.29 is 21.6 Å². The quantitative estimate of drug-likeness (QED) is 0.723. The van der Waals surface area contributed by atoms with Crippen LogP contribution in [0.5, 0.6) is 0 Å². The van der Waals surface area contributed by atoms with Gasteiger partial charge >= 0.3 is 6.18 Å². The third-order valence-electron chi connectivity index (χ3n) is 1.89. The van der Waals surface area contributed by atoms with Gasteiger partial charge in [-0.1, -0.05) is 23.2 Å². The van der Waals surface area contributed by atoms with E-state index < -0.39 is 35.7 Å². The van der Waals surface area contributed by atoms with Crippen LogP contribution in [0.4, 0.5) is 13.2 Å². The fourth-order valence-corrected chi connectivity index (χ4v) is 3.83. The first-order chi connectivity index (χ1) is 7.46. The fourth-order valence-electron chi connectivity index (χ4n) is 1.28. The Kier molecular flexibility index (Phi) is 3.94. The van der Waals surface area contributed by atoms with Gasteiger partial charge in [-0.25, -0.2) is 8.42 Å². The highest BCUT2D eigenvalue weighted by molar-refractivity contribution is 8.13. The van der Waals surface area contributed by atoms with Crippen LogP contribution < -0.4 is 0 Å². The predicted octanol–water partition coefficient (Wildman–Crippen LogP) is 4.25. The predicted molar refractivity (Wildman–Crippen MR) is 59.2 cm³/mol. The summed E-state index contributed by atoms with van der Waals surface area (Å²) in [5.74, 6) is 0. The molecule has 0 aromatic heterocycles. The molecule has 0 unspecified atom stereocenters. The van der Waals surface area contributed by atoms with E-state index in [2.05, 4.69) is 0 Å². The molecule has 0 heterocycles. The number of halogens is 6. The van der Waals surface area contributed by atoms with Crippen molar-refractivity contribution in [3.63, 3.8) is 0 Å². The van der Waals surface area contributed by atoms with Crippen molar-refractivity contribution in [2.45, 2.75) is 18.0 Å². The molecule has 0 fully saturated rings. The first-order valence-electron chi connectivity index (χ1n) is 3.96. The van der Waals surface area contributed by atoms with Gasteiger partial charge in [-0.2, -0.15) is 13.2 Å². The van der Waals surface area contributed by atoms with Crippen molar-refractivity contribution in [2.24, 2.45) is 0 Å². The summed E-state index contributed by atoms with van der Waals surface area (Å²) in [6, 6.07) is 0.853. The largest absolute Gasteiger partial charge is 0.419 e. The third kappa shape index (κ3) is 2.99. The first kappa shape index (κ1) is 14.9. The van der Waals surface area contributed by atoms with Crippen molar-refractivity contribution in [2.75, 3.05) is 0 Å². The van der Waals surface area contributed by atoms with E-state index in [1.54, 1.807) is 0 Å². The Labute approximate surface area is 110 Å². The molecule has 1 rings (SSSR count). The zero-order valence-electron chi connectivity index (χ0n) is 8.07. The summed E-state index contributed by atoms with van der Waals surface area (Å²) in [5, 5.41) is -1.69. The topological polar surface area (TPSA) is 34.1 Å². The summed E-state index contributed by atoms with van der Waals surface area (Å²) in [7, 11) is 0.639. The van der Waals surface area contributed by atoms with Gasteiger partial charge in [0, 0.05) is 10.7 Å². The van der Waals surface area contributed by atoms with Gasteiger partial charge in [0.05, 0.1) is 15.6 Å². The van der Waals surface area contributed by atoms with Crippen LogP contribution in [0, 0.1) is 6.92 Å². The molecule has 0 aliphatic heterocycles. The van der Waals surface area contributed by atoms with Crippen LogP contribution in [-0.2, 0) is 15.2 Å². The number of aryl methyl sites for hydroxylation is 1. The van der Waals surface area contributed by atoms with Gasteiger partial charge in [-0.05, 0) is 18.6 Å². The van der Waals surface area contributed by atoms with E-state index in [0.29, 0.717) is 0 Å². The number of hydrogen-bond donors (Lipinski definition) is 0. The minimum atomic E-state index is -4.86. The van der Waals surface area contributed by atoms with Crippen molar-refractivity contribution >= 4 is 42.9 Å². The molecule has 1 aromatic carbocycles. The smallest absolute Gasteiger partial charge is 0.207 e. The average molecular weight is 328 g/mol. The third-order valence-corrected chi connectivity index (χ3v) is 4.15. The molecule has 17 heavy (non-hydrogen) atoms. The maximum Gasteiger partial charge on any atom is 0.419 e. The monoisotopic (exact) mass is 326 g/mol. The lowest BCUT2D eigenvalue weighted by atomic mass is 10.1. The molecule has 0 spiro atoms. The van der Waals surface area contributed by atoms with Gasteiger partial charge in [0.1, 0.15) is 4.90 Å². The highest BCUT2D eigenvalue weighted by Gasteiger charge is 2.39. The Morgan fingerprint density at radius 1 is 1.24 bits per heavy atom. The Bertz CT molecular complexity index is 566. The van der Waals surface area contributed by atoms with Crippen LogP contribution in [0.15, 0.2) is 11.0 Å². The zero-order valence-corrected chi connectivity index (χ0v) is 11.2. The highest BCUT2D eigenvalue weighted by atomic mass is 35.7. The van der Waals surface area contributed by atoms with E-state index in [1.165, 1.54) is 6.92 Å². The van der Waals surface area contributed by atoms with Crippen molar-refractivity contribution in [3.8, 4) is 0 Å². The van der Waals surface area contributed by atoms with Gasteiger partial charge in [0.25, 0.3) is 9.05 Å². The summed E-state index contributed by atoms with van der Waals surface area (Å²) in [5.41, 5.74) is -1.46. The van der Waals surface area contributed by atoms with Crippen molar-refractivity contribution in [1.82, 2.24) is 0 Å². The normalized spacial score (nSPS) is 12.9. The lowest BCUT2D eigenvalue weighted by Crippen LogP contribution is -2.10. The maximum atomic E-state index is 12.6. The Morgan fingerprint density at radius 3 is 2.06 bits per heavy atom. The van der Waals surface area contributed by atoms with Crippen molar-refractivity contribution in [1.29, 1.82) is 0 Å². The molecular formula is C8H4Cl3F3O2S. The molecule has 1 aromatic rings. The Balaban J connectivity index is 3.80. The summed E-state index contributed by atoms with van der Waals surface area (Å²) in [6.45, 7) is 1.24. The molecule has 0 bridgehead atoms. The highest BCUT2D eigenvalue weighted by Crippen LogP contribution is 2.44. The van der Waals surface area contributed by atoms with Crippen LogP contribution in [-0.4, -0.2) is 8.42 Å². The summed E-state index contributed by atoms with van der Waals surface area (Å²) < 4.78 is 60.1. The van der Waals surface area contributed by atoms with Gasteiger partial charge in [0.2, 0.25) is 0 Å². The van der Waals surface area contributed by atoms with Gasteiger partial charge in [-0.3, -0.25) is 0 Å². The second-order valence-corrected chi connectivity index (χ2v) is 6.42. The zero-order chi connectivity index (χ0) is 13.6. The molecule has 2 nitrogen and oxygen atoms in total. The molecule has 0 saturated carbocycles. The number of rotatable bonds is 1. The average Bonchev–Trinajstić information content (AvgIpc) is 1.94. The second kappa shape index (κ2) is 4.50. The SMILES string of the molecule is Cc1cc(Cl)c(C(F)(F)F)c(Cl)c1S(=O)(=O)Cl.